The molecule has 2 rings (SSSR count). The minimum Gasteiger partial charge on any atom is -0.374 e. The lowest BCUT2D eigenvalue weighted by atomic mass is 10.2. The molecule has 0 aromatic heterocycles. The second kappa shape index (κ2) is 6.13. The van der Waals surface area contributed by atoms with Crippen LogP contribution in [0.4, 0.5) is 0 Å². The third kappa shape index (κ3) is 3.08. The van der Waals surface area contributed by atoms with Gasteiger partial charge in [-0.2, -0.15) is 4.31 Å². The lowest BCUT2D eigenvalue weighted by molar-refractivity contribution is -0.0139. The van der Waals surface area contributed by atoms with Crippen LogP contribution in [0.15, 0.2) is 23.1 Å². The summed E-state index contributed by atoms with van der Waals surface area (Å²) in [5, 5.41) is 0.637. The smallest absolute Gasteiger partial charge is 0.243 e. The molecule has 0 saturated carbocycles. The van der Waals surface area contributed by atoms with E-state index in [4.69, 9.17) is 4.74 Å². The Hall–Kier alpha value is -0.430. The average Bonchev–Trinajstić information content (AvgIpc) is 2.41. The van der Waals surface area contributed by atoms with Gasteiger partial charge < -0.3 is 4.74 Å². The monoisotopic (exact) mass is 361 g/mol. The van der Waals surface area contributed by atoms with E-state index in [9.17, 15) is 8.42 Å². The average molecular weight is 362 g/mol. The molecule has 1 heterocycles. The van der Waals surface area contributed by atoms with Crippen LogP contribution in [-0.4, -0.2) is 43.4 Å². The van der Waals surface area contributed by atoms with E-state index in [2.05, 4.69) is 15.9 Å². The standard InChI is InChI=1S/C14H20BrNO3S/c1-10-4-5-11(2)14(6-10)20(17,18)16-8-13(7-15)19-9-12(16)3/h4-6,12-13H,7-9H2,1-3H3. The molecule has 112 valence electrons. The van der Waals surface area contributed by atoms with Crippen LogP contribution in [0, 0.1) is 13.8 Å². The van der Waals surface area contributed by atoms with Crippen LogP contribution < -0.4 is 0 Å². The number of rotatable bonds is 3. The second-order valence-electron chi connectivity index (χ2n) is 5.30. The molecule has 0 amide bonds. The lowest BCUT2D eigenvalue weighted by Crippen LogP contribution is -2.51. The number of ether oxygens (including phenoxy) is 1. The molecule has 1 aromatic rings. The highest BCUT2D eigenvalue weighted by Crippen LogP contribution is 2.26. The van der Waals surface area contributed by atoms with Crippen molar-refractivity contribution in [3.8, 4) is 0 Å². The van der Waals surface area contributed by atoms with E-state index in [1.54, 1.807) is 10.4 Å². The van der Waals surface area contributed by atoms with Gasteiger partial charge in [0, 0.05) is 17.9 Å². The summed E-state index contributed by atoms with van der Waals surface area (Å²) in [6.07, 6.45) is -0.0916. The third-order valence-electron chi connectivity index (χ3n) is 3.55. The molecule has 1 aromatic carbocycles. The van der Waals surface area contributed by atoms with Crippen molar-refractivity contribution in [3.05, 3.63) is 29.3 Å². The fraction of sp³-hybridized carbons (Fsp3) is 0.571. The number of aryl methyl sites for hydroxylation is 2. The van der Waals surface area contributed by atoms with Crippen molar-refractivity contribution in [2.75, 3.05) is 18.5 Å². The van der Waals surface area contributed by atoms with Crippen molar-refractivity contribution < 1.29 is 13.2 Å². The first kappa shape index (κ1) is 15.9. The molecular formula is C14H20BrNO3S. The van der Waals surface area contributed by atoms with Gasteiger partial charge in [-0.1, -0.05) is 28.1 Å². The number of benzene rings is 1. The van der Waals surface area contributed by atoms with Crippen LogP contribution in [0.25, 0.3) is 0 Å². The summed E-state index contributed by atoms with van der Waals surface area (Å²) >= 11 is 3.36. The maximum atomic E-state index is 12.9. The summed E-state index contributed by atoms with van der Waals surface area (Å²) in [5.74, 6) is 0. The van der Waals surface area contributed by atoms with E-state index in [1.165, 1.54) is 0 Å². The van der Waals surface area contributed by atoms with Gasteiger partial charge in [0.2, 0.25) is 10.0 Å². The molecule has 0 spiro atoms. The highest BCUT2D eigenvalue weighted by Gasteiger charge is 2.35. The van der Waals surface area contributed by atoms with Gasteiger partial charge >= 0.3 is 0 Å². The lowest BCUT2D eigenvalue weighted by Gasteiger charge is -2.36. The summed E-state index contributed by atoms with van der Waals surface area (Å²) in [6, 6.07) is 5.39. The van der Waals surface area contributed by atoms with E-state index < -0.39 is 10.0 Å². The molecule has 0 aliphatic carbocycles. The number of alkyl halides is 1. The summed E-state index contributed by atoms with van der Waals surface area (Å²) in [7, 11) is -3.47. The molecule has 0 N–H and O–H groups in total. The first-order valence-electron chi connectivity index (χ1n) is 6.63. The molecule has 2 atom stereocenters. The highest BCUT2D eigenvalue weighted by molar-refractivity contribution is 9.09. The number of hydrogen-bond acceptors (Lipinski definition) is 3. The Kier molecular flexibility index (Phi) is 4.89. The topological polar surface area (TPSA) is 46.6 Å². The Bertz CT molecular complexity index is 588. The van der Waals surface area contributed by atoms with Gasteiger partial charge in [-0.15, -0.1) is 0 Å². The molecule has 1 fully saturated rings. The molecule has 1 aliphatic rings. The van der Waals surface area contributed by atoms with E-state index in [0.717, 1.165) is 11.1 Å². The van der Waals surface area contributed by atoms with Crippen LogP contribution in [0.2, 0.25) is 0 Å². The quantitative estimate of drug-likeness (QED) is 0.777. The number of nitrogens with zero attached hydrogens (tertiary/aromatic N) is 1. The zero-order chi connectivity index (χ0) is 14.9. The van der Waals surface area contributed by atoms with Gasteiger partial charge in [0.15, 0.2) is 0 Å². The molecule has 4 nitrogen and oxygen atoms in total. The zero-order valence-corrected chi connectivity index (χ0v) is 14.4. The van der Waals surface area contributed by atoms with E-state index in [-0.39, 0.29) is 12.1 Å². The Morgan fingerprint density at radius 3 is 2.75 bits per heavy atom. The first-order valence-corrected chi connectivity index (χ1v) is 9.19. The number of morpholine rings is 1. The minimum absolute atomic E-state index is 0.0916. The second-order valence-corrected chi connectivity index (χ2v) is 7.81. The predicted octanol–water partition coefficient (Wildman–Crippen LogP) is 2.48. The Labute approximate surface area is 129 Å². The van der Waals surface area contributed by atoms with Gasteiger partial charge in [-0.3, -0.25) is 0 Å². The molecule has 0 bridgehead atoms. The van der Waals surface area contributed by atoms with Gasteiger partial charge in [0.05, 0.1) is 17.6 Å². The van der Waals surface area contributed by atoms with E-state index >= 15 is 0 Å². The van der Waals surface area contributed by atoms with Crippen LogP contribution in [-0.2, 0) is 14.8 Å². The van der Waals surface area contributed by atoms with Crippen molar-refractivity contribution in [1.29, 1.82) is 0 Å². The van der Waals surface area contributed by atoms with Crippen LogP contribution in [0.3, 0.4) is 0 Å². The maximum Gasteiger partial charge on any atom is 0.243 e. The van der Waals surface area contributed by atoms with Crippen molar-refractivity contribution in [1.82, 2.24) is 4.31 Å². The number of hydrogen-bond donors (Lipinski definition) is 0. The summed E-state index contributed by atoms with van der Waals surface area (Å²) in [4.78, 5) is 0.402. The van der Waals surface area contributed by atoms with Crippen molar-refractivity contribution in [3.63, 3.8) is 0 Å². The normalized spacial score (nSPS) is 24.8. The first-order chi connectivity index (χ1) is 9.36. The molecule has 1 saturated heterocycles. The summed E-state index contributed by atoms with van der Waals surface area (Å²) < 4.78 is 32.9. The molecule has 20 heavy (non-hydrogen) atoms. The van der Waals surface area contributed by atoms with E-state index in [1.807, 2.05) is 32.9 Å². The molecule has 2 unspecified atom stereocenters. The number of halogens is 1. The fourth-order valence-electron chi connectivity index (χ4n) is 2.33. The van der Waals surface area contributed by atoms with Gasteiger partial charge in [0.1, 0.15) is 0 Å². The largest absolute Gasteiger partial charge is 0.374 e. The van der Waals surface area contributed by atoms with Crippen molar-refractivity contribution in [2.45, 2.75) is 37.8 Å². The summed E-state index contributed by atoms with van der Waals surface area (Å²) in [6.45, 7) is 6.44. The third-order valence-corrected chi connectivity index (χ3v) is 6.39. The van der Waals surface area contributed by atoms with Crippen LogP contribution >= 0.6 is 15.9 Å². The molecule has 6 heteroatoms. The van der Waals surface area contributed by atoms with Crippen LogP contribution in [0.1, 0.15) is 18.1 Å². The Morgan fingerprint density at radius 1 is 1.40 bits per heavy atom. The maximum absolute atomic E-state index is 12.9. The van der Waals surface area contributed by atoms with E-state index in [0.29, 0.717) is 23.4 Å². The Balaban J connectivity index is 2.40. The zero-order valence-electron chi connectivity index (χ0n) is 12.0. The fourth-order valence-corrected chi connectivity index (χ4v) is 4.68. The SMILES string of the molecule is Cc1ccc(C)c(S(=O)(=O)N2CC(CBr)OCC2C)c1. The van der Waals surface area contributed by atoms with Gasteiger partial charge in [0.25, 0.3) is 0 Å². The molecule has 0 radical (unpaired) electrons. The molecular weight excluding hydrogens is 342 g/mol. The predicted molar refractivity (Wildman–Crippen MR) is 82.8 cm³/mol. The Morgan fingerprint density at radius 2 is 2.10 bits per heavy atom. The molecule has 1 aliphatic heterocycles. The van der Waals surface area contributed by atoms with Crippen LogP contribution in [0.5, 0.6) is 0 Å². The van der Waals surface area contributed by atoms with Crippen molar-refractivity contribution >= 4 is 26.0 Å². The van der Waals surface area contributed by atoms with Gasteiger partial charge in [-0.25, -0.2) is 8.42 Å². The summed E-state index contributed by atoms with van der Waals surface area (Å²) in [5.41, 5.74) is 1.73. The highest BCUT2D eigenvalue weighted by atomic mass is 79.9. The van der Waals surface area contributed by atoms with Gasteiger partial charge in [-0.05, 0) is 38.0 Å². The van der Waals surface area contributed by atoms with Crippen molar-refractivity contribution in [2.24, 2.45) is 0 Å². The minimum atomic E-state index is -3.47. The number of sulfonamides is 1.